The highest BCUT2D eigenvalue weighted by Crippen LogP contribution is 2.13. The molecule has 0 spiro atoms. The second-order valence-electron chi connectivity index (χ2n) is 5.34. The molecule has 0 amide bonds. The first-order valence-electron chi connectivity index (χ1n) is 7.71. The van der Waals surface area contributed by atoms with Crippen molar-refractivity contribution in [2.45, 2.75) is 13.8 Å². The minimum absolute atomic E-state index is 0.00754. The van der Waals surface area contributed by atoms with Crippen LogP contribution in [0, 0.1) is 20.2 Å². The van der Waals surface area contributed by atoms with Crippen LogP contribution >= 0.6 is 0 Å². The second kappa shape index (κ2) is 9.04. The molecule has 0 unspecified atom stereocenters. The summed E-state index contributed by atoms with van der Waals surface area (Å²) in [6.07, 6.45) is 0. The second-order valence-corrected chi connectivity index (χ2v) is 5.34. The van der Waals surface area contributed by atoms with Crippen LogP contribution in [0.25, 0.3) is 0 Å². The topological polar surface area (TPSA) is 129 Å². The van der Waals surface area contributed by atoms with Gasteiger partial charge in [0.05, 0.1) is 21.3 Å². The smallest absolute Gasteiger partial charge is 0.280 e. The highest BCUT2D eigenvalue weighted by molar-refractivity contribution is 5.98. The number of rotatable bonds is 8. The minimum Gasteiger partial charge on any atom is -0.352 e. The quantitative estimate of drug-likeness (QED) is 0.229. The van der Waals surface area contributed by atoms with Gasteiger partial charge in [-0.05, 0) is 49.2 Å². The molecular formula is C17H16N4O6. The Labute approximate surface area is 154 Å². The molecule has 0 aromatic heterocycles. The van der Waals surface area contributed by atoms with Gasteiger partial charge in [0.1, 0.15) is 0 Å². The first-order chi connectivity index (χ1) is 12.9. The number of nitro benzene ring substituents is 2. The Bertz CT molecular complexity index is 802. The monoisotopic (exact) mass is 372 g/mol. The summed E-state index contributed by atoms with van der Waals surface area (Å²) in [5, 5.41) is 28.9. The molecule has 2 aromatic carbocycles. The van der Waals surface area contributed by atoms with Crippen molar-refractivity contribution < 1.29 is 19.5 Å². The summed E-state index contributed by atoms with van der Waals surface area (Å²) < 4.78 is 0. The molecule has 0 radical (unpaired) electrons. The number of hydrogen-bond acceptors (Lipinski definition) is 8. The predicted octanol–water partition coefficient (Wildman–Crippen LogP) is 3.64. The third-order valence-corrected chi connectivity index (χ3v) is 3.50. The van der Waals surface area contributed by atoms with Crippen molar-refractivity contribution in [1.29, 1.82) is 0 Å². The average Bonchev–Trinajstić information content (AvgIpc) is 2.67. The standard InChI is InChI=1S/C17H16N4O6/c1-12(14-3-7-16(8-4-14)20(22)23)18-26-11-27-19-13(2)15-5-9-17(10-6-15)21(24)25/h3-10H,11H2,1-2H3/b18-12-,19-13+. The molecule has 0 fully saturated rings. The van der Waals surface area contributed by atoms with Crippen molar-refractivity contribution in [3.63, 3.8) is 0 Å². The third-order valence-electron chi connectivity index (χ3n) is 3.50. The first-order valence-corrected chi connectivity index (χ1v) is 7.71. The summed E-state index contributed by atoms with van der Waals surface area (Å²) >= 11 is 0. The molecule has 0 aliphatic carbocycles. The van der Waals surface area contributed by atoms with Gasteiger partial charge < -0.3 is 9.68 Å². The summed E-state index contributed by atoms with van der Waals surface area (Å²) in [6, 6.07) is 11.8. The van der Waals surface area contributed by atoms with Gasteiger partial charge in [-0.1, -0.05) is 10.3 Å². The molecule has 140 valence electrons. The van der Waals surface area contributed by atoms with E-state index in [1.165, 1.54) is 24.3 Å². The maximum Gasteiger partial charge on any atom is 0.280 e. The molecule has 0 N–H and O–H groups in total. The molecule has 0 aliphatic rings. The number of nitrogens with zero attached hydrogens (tertiary/aromatic N) is 4. The average molecular weight is 372 g/mol. The summed E-state index contributed by atoms with van der Waals surface area (Å²) in [6.45, 7) is 3.13. The molecule has 0 bridgehead atoms. The minimum atomic E-state index is -0.480. The van der Waals surface area contributed by atoms with E-state index in [0.717, 1.165) is 0 Å². The molecule has 27 heavy (non-hydrogen) atoms. The van der Waals surface area contributed by atoms with Gasteiger partial charge >= 0.3 is 0 Å². The summed E-state index contributed by atoms with van der Waals surface area (Å²) in [4.78, 5) is 30.3. The fraction of sp³-hybridized carbons (Fsp3) is 0.176. The van der Waals surface area contributed by atoms with Crippen LogP contribution in [0.15, 0.2) is 58.8 Å². The van der Waals surface area contributed by atoms with E-state index in [1.807, 2.05) is 0 Å². The lowest BCUT2D eigenvalue weighted by atomic mass is 10.1. The first kappa shape index (κ1) is 19.5. The van der Waals surface area contributed by atoms with E-state index in [2.05, 4.69) is 10.3 Å². The molecule has 2 rings (SSSR count). The Kier molecular flexibility index (Phi) is 6.53. The van der Waals surface area contributed by atoms with Crippen LogP contribution in [-0.2, 0) is 9.68 Å². The molecule has 0 heterocycles. The van der Waals surface area contributed by atoms with Gasteiger partial charge in [-0.25, -0.2) is 0 Å². The van der Waals surface area contributed by atoms with E-state index in [-0.39, 0.29) is 18.2 Å². The summed E-state index contributed by atoms with van der Waals surface area (Å²) in [5.41, 5.74) is 2.37. The zero-order valence-corrected chi connectivity index (χ0v) is 14.6. The van der Waals surface area contributed by atoms with Gasteiger partial charge in [0, 0.05) is 24.3 Å². The van der Waals surface area contributed by atoms with Gasteiger partial charge in [0.25, 0.3) is 18.2 Å². The zero-order valence-electron chi connectivity index (χ0n) is 14.6. The number of benzene rings is 2. The van der Waals surface area contributed by atoms with Crippen LogP contribution in [0.5, 0.6) is 0 Å². The number of hydrogen-bond donors (Lipinski definition) is 0. The van der Waals surface area contributed by atoms with Gasteiger partial charge in [-0.3, -0.25) is 20.2 Å². The van der Waals surface area contributed by atoms with Gasteiger partial charge in [-0.2, -0.15) is 0 Å². The van der Waals surface area contributed by atoms with Crippen molar-refractivity contribution in [1.82, 2.24) is 0 Å². The van der Waals surface area contributed by atoms with E-state index in [1.54, 1.807) is 38.1 Å². The molecule has 10 heteroatoms. The maximum atomic E-state index is 10.6. The Morgan fingerprint density at radius 2 is 1.11 bits per heavy atom. The molecule has 0 saturated carbocycles. The van der Waals surface area contributed by atoms with Crippen molar-refractivity contribution in [2.75, 3.05) is 6.79 Å². The number of nitro groups is 2. The van der Waals surface area contributed by atoms with Gasteiger partial charge in [0.15, 0.2) is 0 Å². The normalized spacial score (nSPS) is 11.8. The van der Waals surface area contributed by atoms with Gasteiger partial charge in [0.2, 0.25) is 0 Å². The Morgan fingerprint density at radius 3 is 1.41 bits per heavy atom. The molecule has 0 saturated heterocycles. The van der Waals surface area contributed by atoms with Crippen LogP contribution in [-0.4, -0.2) is 28.1 Å². The van der Waals surface area contributed by atoms with E-state index in [9.17, 15) is 20.2 Å². The molecule has 2 aromatic rings. The largest absolute Gasteiger partial charge is 0.352 e. The highest BCUT2D eigenvalue weighted by Gasteiger charge is 2.06. The number of non-ortho nitro benzene ring substituents is 2. The summed E-state index contributed by atoms with van der Waals surface area (Å²) in [7, 11) is 0. The zero-order chi connectivity index (χ0) is 19.8. The predicted molar refractivity (Wildman–Crippen MR) is 97.7 cm³/mol. The molecular weight excluding hydrogens is 356 g/mol. The van der Waals surface area contributed by atoms with E-state index in [4.69, 9.17) is 9.68 Å². The van der Waals surface area contributed by atoms with Gasteiger partial charge in [-0.15, -0.1) is 0 Å². The lowest BCUT2D eigenvalue weighted by molar-refractivity contribution is -0.385. The highest BCUT2D eigenvalue weighted by atomic mass is 16.8. The lowest BCUT2D eigenvalue weighted by Gasteiger charge is -2.03. The van der Waals surface area contributed by atoms with Crippen LogP contribution in [0.3, 0.4) is 0 Å². The Hall–Kier alpha value is -3.82. The van der Waals surface area contributed by atoms with Crippen LogP contribution < -0.4 is 0 Å². The van der Waals surface area contributed by atoms with Crippen molar-refractivity contribution >= 4 is 22.8 Å². The van der Waals surface area contributed by atoms with Crippen LogP contribution in [0.4, 0.5) is 11.4 Å². The molecule has 0 aliphatic heterocycles. The van der Waals surface area contributed by atoms with Crippen molar-refractivity contribution in [3.8, 4) is 0 Å². The third kappa shape index (κ3) is 5.59. The fourth-order valence-electron chi connectivity index (χ4n) is 2.02. The van der Waals surface area contributed by atoms with Crippen molar-refractivity contribution in [2.24, 2.45) is 10.3 Å². The number of oxime groups is 2. The summed E-state index contributed by atoms with van der Waals surface area (Å²) in [5.74, 6) is 0. The Balaban J connectivity index is 1.86. The van der Waals surface area contributed by atoms with Crippen molar-refractivity contribution in [3.05, 3.63) is 79.9 Å². The Morgan fingerprint density at radius 1 is 0.778 bits per heavy atom. The molecule has 10 nitrogen and oxygen atoms in total. The van der Waals surface area contributed by atoms with E-state index in [0.29, 0.717) is 22.6 Å². The fourth-order valence-corrected chi connectivity index (χ4v) is 2.02. The SMILES string of the molecule is C/C(=N/OCO/N=C(\C)c1ccc([N+](=O)[O-])cc1)c1ccc([N+](=O)[O-])cc1. The molecule has 0 atom stereocenters. The maximum absolute atomic E-state index is 10.6. The lowest BCUT2D eigenvalue weighted by Crippen LogP contribution is -2.01. The van der Waals surface area contributed by atoms with E-state index >= 15 is 0 Å². The van der Waals surface area contributed by atoms with E-state index < -0.39 is 9.85 Å². The van der Waals surface area contributed by atoms with Crippen LogP contribution in [0.2, 0.25) is 0 Å². The van der Waals surface area contributed by atoms with Crippen LogP contribution in [0.1, 0.15) is 25.0 Å².